The van der Waals surface area contributed by atoms with Crippen molar-refractivity contribution in [2.24, 2.45) is 0 Å². The van der Waals surface area contributed by atoms with Crippen molar-refractivity contribution < 1.29 is 18.3 Å². The van der Waals surface area contributed by atoms with Crippen molar-refractivity contribution in [3.8, 4) is 0 Å². The second-order valence-corrected chi connectivity index (χ2v) is 3.67. The highest BCUT2D eigenvalue weighted by Gasteiger charge is 2.23. The molecule has 3 nitrogen and oxygen atoms in total. The van der Waals surface area contributed by atoms with Crippen molar-refractivity contribution in [1.29, 1.82) is 0 Å². The zero-order chi connectivity index (χ0) is 13.0. The number of pyridine rings is 1. The van der Waals surface area contributed by atoms with Crippen molar-refractivity contribution in [3.63, 3.8) is 0 Å². The summed E-state index contributed by atoms with van der Waals surface area (Å²) < 4.78 is 30.1. The summed E-state index contributed by atoms with van der Waals surface area (Å²) in [6, 6.07) is 0.993. The van der Waals surface area contributed by atoms with E-state index in [1.807, 2.05) is 0 Å². The molecule has 0 aliphatic rings. The molecule has 0 amide bonds. The Morgan fingerprint density at radius 2 is 2.24 bits per heavy atom. The maximum absolute atomic E-state index is 12.7. The summed E-state index contributed by atoms with van der Waals surface area (Å²) in [6.45, 7) is 1.70. The predicted octanol–water partition coefficient (Wildman–Crippen LogP) is 3.59. The van der Waals surface area contributed by atoms with E-state index < -0.39 is 18.0 Å². The van der Waals surface area contributed by atoms with E-state index in [4.69, 9.17) is 27.9 Å². The number of ether oxygens (including phenoxy) is 1. The van der Waals surface area contributed by atoms with Crippen molar-refractivity contribution >= 4 is 29.2 Å². The Kier molecular flexibility index (Phi) is 5.08. The lowest BCUT2D eigenvalue weighted by Crippen LogP contribution is -2.12. The summed E-state index contributed by atoms with van der Waals surface area (Å²) in [5.41, 5.74) is -0.711. The fourth-order valence-electron chi connectivity index (χ4n) is 1.26. The fourth-order valence-corrected chi connectivity index (χ4v) is 1.75. The van der Waals surface area contributed by atoms with E-state index in [9.17, 15) is 13.6 Å². The van der Waals surface area contributed by atoms with Gasteiger partial charge in [0.05, 0.1) is 12.5 Å². The van der Waals surface area contributed by atoms with Crippen LogP contribution in [0.1, 0.15) is 35.0 Å². The molecule has 0 saturated heterocycles. The van der Waals surface area contributed by atoms with Crippen LogP contribution in [0.15, 0.2) is 6.07 Å². The Morgan fingerprint density at radius 1 is 1.59 bits per heavy atom. The van der Waals surface area contributed by atoms with Gasteiger partial charge in [0.2, 0.25) is 0 Å². The van der Waals surface area contributed by atoms with E-state index in [1.165, 1.54) is 0 Å². The number of alkyl halides is 3. The lowest BCUT2D eigenvalue weighted by Gasteiger charge is -2.11. The van der Waals surface area contributed by atoms with Crippen molar-refractivity contribution in [3.05, 3.63) is 28.0 Å². The summed E-state index contributed by atoms with van der Waals surface area (Å²) in [4.78, 5) is 15.2. The van der Waals surface area contributed by atoms with E-state index in [1.54, 1.807) is 6.92 Å². The van der Waals surface area contributed by atoms with Crippen LogP contribution < -0.4 is 0 Å². The number of rotatable bonds is 4. The number of esters is 1. The number of hydrogen-bond acceptors (Lipinski definition) is 3. The summed E-state index contributed by atoms with van der Waals surface area (Å²) in [5, 5.41) is -0.197. The molecule has 0 atom stereocenters. The van der Waals surface area contributed by atoms with Crippen LogP contribution in [0.5, 0.6) is 0 Å². The smallest absolute Gasteiger partial charge is 0.357 e. The SMILES string of the molecule is CCOC(=O)c1nc(Cl)cc(C(F)F)c1CCl. The third-order valence-corrected chi connectivity index (χ3v) is 2.43. The number of halogens is 4. The minimum atomic E-state index is -2.78. The average molecular weight is 284 g/mol. The van der Waals surface area contributed by atoms with Crippen LogP contribution in [-0.2, 0) is 10.6 Å². The van der Waals surface area contributed by atoms with E-state index in [0.29, 0.717) is 0 Å². The highest BCUT2D eigenvalue weighted by Crippen LogP contribution is 2.28. The van der Waals surface area contributed by atoms with Gasteiger partial charge in [-0.05, 0) is 13.0 Å². The maximum atomic E-state index is 12.7. The first-order valence-corrected chi connectivity index (χ1v) is 5.63. The highest BCUT2D eigenvalue weighted by molar-refractivity contribution is 6.29. The van der Waals surface area contributed by atoms with Gasteiger partial charge in [0, 0.05) is 11.1 Å². The molecule has 94 valence electrons. The number of carbonyl (C=O) groups excluding carboxylic acids is 1. The molecule has 1 aromatic rings. The lowest BCUT2D eigenvalue weighted by atomic mass is 10.1. The molecule has 1 heterocycles. The molecule has 0 aliphatic carbocycles. The molecule has 0 unspecified atom stereocenters. The van der Waals surface area contributed by atoms with Crippen LogP contribution >= 0.6 is 23.2 Å². The highest BCUT2D eigenvalue weighted by atomic mass is 35.5. The van der Waals surface area contributed by atoms with E-state index in [2.05, 4.69) is 4.98 Å². The first-order chi connectivity index (χ1) is 8.01. The molecule has 7 heteroatoms. The Morgan fingerprint density at radius 3 is 2.71 bits per heavy atom. The van der Waals surface area contributed by atoms with Gasteiger partial charge in [-0.3, -0.25) is 0 Å². The molecule has 0 radical (unpaired) electrons. The molecule has 1 aromatic heterocycles. The summed E-state index contributed by atoms with van der Waals surface area (Å²) in [6.07, 6.45) is -2.78. The van der Waals surface area contributed by atoms with Gasteiger partial charge in [-0.15, -0.1) is 11.6 Å². The third kappa shape index (κ3) is 3.26. The van der Waals surface area contributed by atoms with Gasteiger partial charge < -0.3 is 4.74 Å². The predicted molar refractivity (Wildman–Crippen MR) is 59.7 cm³/mol. The molecule has 0 fully saturated rings. The summed E-state index contributed by atoms with van der Waals surface area (Å²) in [7, 11) is 0. The molecule has 0 spiro atoms. The lowest BCUT2D eigenvalue weighted by molar-refractivity contribution is 0.0517. The van der Waals surface area contributed by atoms with Crippen molar-refractivity contribution in [1.82, 2.24) is 4.98 Å². The standard InChI is InChI=1S/C10H9Cl2F2NO2/c1-2-17-10(16)8-6(4-11)5(9(13)14)3-7(12)15-8/h3,9H,2,4H2,1H3. The molecular weight excluding hydrogens is 275 g/mol. The maximum Gasteiger partial charge on any atom is 0.357 e. The largest absolute Gasteiger partial charge is 0.461 e. The summed E-state index contributed by atoms with van der Waals surface area (Å²) >= 11 is 11.1. The number of aromatic nitrogens is 1. The summed E-state index contributed by atoms with van der Waals surface area (Å²) in [5.74, 6) is -1.08. The Labute approximate surface area is 107 Å². The van der Waals surface area contributed by atoms with Gasteiger partial charge >= 0.3 is 5.97 Å². The molecule has 0 aromatic carbocycles. The Hall–Kier alpha value is -0.940. The minimum Gasteiger partial charge on any atom is -0.461 e. The normalized spacial score (nSPS) is 10.7. The zero-order valence-corrected chi connectivity index (χ0v) is 10.4. The van der Waals surface area contributed by atoms with Crippen molar-refractivity contribution in [2.45, 2.75) is 19.2 Å². The van der Waals surface area contributed by atoms with Crippen molar-refractivity contribution in [2.75, 3.05) is 6.61 Å². The number of carbonyl (C=O) groups is 1. The monoisotopic (exact) mass is 283 g/mol. The third-order valence-electron chi connectivity index (χ3n) is 1.97. The van der Waals surface area contributed by atoms with Gasteiger partial charge in [0.25, 0.3) is 6.43 Å². The molecule has 1 rings (SSSR count). The average Bonchev–Trinajstić information content (AvgIpc) is 2.28. The molecule has 17 heavy (non-hydrogen) atoms. The van der Waals surface area contributed by atoms with Crippen LogP contribution in [0, 0.1) is 0 Å². The van der Waals surface area contributed by atoms with Crippen LogP contribution in [0.4, 0.5) is 8.78 Å². The van der Waals surface area contributed by atoms with Crippen LogP contribution in [0.25, 0.3) is 0 Å². The fraction of sp³-hybridized carbons (Fsp3) is 0.400. The van der Waals surface area contributed by atoms with Gasteiger partial charge in [-0.1, -0.05) is 11.6 Å². The second-order valence-electron chi connectivity index (χ2n) is 3.02. The minimum absolute atomic E-state index is 0.0514. The van der Waals surface area contributed by atoms with Gasteiger partial charge in [0.15, 0.2) is 5.69 Å². The second kappa shape index (κ2) is 6.12. The van der Waals surface area contributed by atoms with Gasteiger partial charge in [0.1, 0.15) is 5.15 Å². The zero-order valence-electron chi connectivity index (χ0n) is 8.84. The molecule has 0 saturated carbocycles. The molecule has 0 N–H and O–H groups in total. The van der Waals surface area contributed by atoms with E-state index in [-0.39, 0.29) is 28.9 Å². The van der Waals surface area contributed by atoms with Crippen LogP contribution in [0.3, 0.4) is 0 Å². The first kappa shape index (κ1) is 14.1. The molecule has 0 aliphatic heterocycles. The Balaban J connectivity index is 3.32. The van der Waals surface area contributed by atoms with E-state index in [0.717, 1.165) is 6.07 Å². The van der Waals surface area contributed by atoms with Gasteiger partial charge in [-0.2, -0.15) is 0 Å². The first-order valence-electron chi connectivity index (χ1n) is 4.71. The van der Waals surface area contributed by atoms with Crippen LogP contribution in [0.2, 0.25) is 5.15 Å². The van der Waals surface area contributed by atoms with E-state index >= 15 is 0 Å². The molecular formula is C10H9Cl2F2NO2. The van der Waals surface area contributed by atoms with Crippen LogP contribution in [-0.4, -0.2) is 17.6 Å². The molecule has 0 bridgehead atoms. The van der Waals surface area contributed by atoms with Gasteiger partial charge in [-0.25, -0.2) is 18.6 Å². The quantitative estimate of drug-likeness (QED) is 0.482. The topological polar surface area (TPSA) is 39.2 Å². The Bertz CT molecular complexity index is 427. The number of hydrogen-bond donors (Lipinski definition) is 0. The number of nitrogens with zero attached hydrogens (tertiary/aromatic N) is 1.